The molecule has 1 aromatic heterocycles. The van der Waals surface area contributed by atoms with Crippen LogP contribution in [-0.4, -0.2) is 22.3 Å². The summed E-state index contributed by atoms with van der Waals surface area (Å²) in [6.45, 7) is 2.47. The Hall–Kier alpha value is -1.84. The Morgan fingerprint density at radius 2 is 1.80 bits per heavy atom. The highest BCUT2D eigenvalue weighted by Gasteiger charge is 2.28. The summed E-state index contributed by atoms with van der Waals surface area (Å²) in [6, 6.07) is 3.12. The van der Waals surface area contributed by atoms with Crippen LogP contribution in [0, 0.1) is 5.92 Å². The molecule has 1 aromatic rings. The Morgan fingerprint density at radius 3 is 2.20 bits per heavy atom. The van der Waals surface area contributed by atoms with Crippen molar-refractivity contribution in [2.75, 3.05) is 0 Å². The van der Waals surface area contributed by atoms with E-state index in [0.29, 0.717) is 0 Å². The zero-order chi connectivity index (χ0) is 11.4. The number of pyridine rings is 1. The van der Waals surface area contributed by atoms with E-state index in [9.17, 15) is 14.4 Å². The minimum atomic E-state index is -1.19. The highest BCUT2D eigenvalue weighted by atomic mass is 16.2. The molecule has 0 fully saturated rings. The lowest BCUT2D eigenvalue weighted by Crippen LogP contribution is -2.28. The van der Waals surface area contributed by atoms with Crippen molar-refractivity contribution in [3.05, 3.63) is 30.1 Å². The Morgan fingerprint density at radius 1 is 1.20 bits per heavy atom. The molecule has 4 nitrogen and oxygen atoms in total. The van der Waals surface area contributed by atoms with Gasteiger partial charge < -0.3 is 0 Å². The third-order valence-electron chi connectivity index (χ3n) is 2.02. The van der Waals surface area contributed by atoms with Gasteiger partial charge >= 0.3 is 0 Å². The molecule has 0 saturated carbocycles. The molecule has 78 valence electrons. The normalized spacial score (nSPS) is 10.1. The number of carbonyl (C=O) groups is 3. The third-order valence-corrected chi connectivity index (χ3v) is 2.02. The van der Waals surface area contributed by atoms with Gasteiger partial charge in [0.1, 0.15) is 17.5 Å². The van der Waals surface area contributed by atoms with Crippen molar-refractivity contribution in [2.24, 2.45) is 5.92 Å². The first-order valence-electron chi connectivity index (χ1n) is 4.49. The summed E-state index contributed by atoms with van der Waals surface area (Å²) in [5.41, 5.74) is 0.285. The fourth-order valence-electron chi connectivity index (χ4n) is 1.33. The van der Waals surface area contributed by atoms with Crippen molar-refractivity contribution < 1.29 is 14.4 Å². The lowest BCUT2D eigenvalue weighted by atomic mass is 9.92. The lowest BCUT2D eigenvalue weighted by Gasteiger charge is -2.08. The molecule has 0 atom stereocenters. The summed E-state index contributed by atoms with van der Waals surface area (Å²) in [4.78, 5) is 37.8. The van der Waals surface area contributed by atoms with Gasteiger partial charge in [0, 0.05) is 18.0 Å². The van der Waals surface area contributed by atoms with Gasteiger partial charge in [-0.05, 0) is 26.0 Å². The van der Waals surface area contributed by atoms with Crippen LogP contribution in [0.5, 0.6) is 0 Å². The third kappa shape index (κ3) is 2.56. The molecule has 1 heterocycles. The number of nitrogens with zero attached hydrogens (tertiary/aromatic N) is 1. The van der Waals surface area contributed by atoms with Crippen LogP contribution in [0.4, 0.5) is 0 Å². The molecule has 0 saturated heterocycles. The number of hydrogen-bond donors (Lipinski definition) is 0. The summed E-state index contributed by atoms with van der Waals surface area (Å²) < 4.78 is 0. The SMILES string of the molecule is CC(=O)C(C(C)=O)C(=O)c1cccnc1. The smallest absolute Gasteiger partial charge is 0.182 e. The number of aromatic nitrogens is 1. The predicted molar refractivity (Wildman–Crippen MR) is 53.4 cm³/mol. The minimum absolute atomic E-state index is 0.285. The van der Waals surface area contributed by atoms with Gasteiger partial charge in [0.15, 0.2) is 5.78 Å². The number of carbonyl (C=O) groups excluding carboxylic acids is 3. The number of hydrogen-bond acceptors (Lipinski definition) is 4. The van der Waals surface area contributed by atoms with Crippen LogP contribution in [0.15, 0.2) is 24.5 Å². The minimum Gasteiger partial charge on any atom is -0.299 e. The van der Waals surface area contributed by atoms with E-state index in [1.54, 1.807) is 6.07 Å². The molecule has 0 N–H and O–H groups in total. The zero-order valence-corrected chi connectivity index (χ0v) is 8.56. The van der Waals surface area contributed by atoms with E-state index in [1.165, 1.54) is 32.3 Å². The summed E-state index contributed by atoms with van der Waals surface area (Å²) >= 11 is 0. The van der Waals surface area contributed by atoms with Gasteiger partial charge in [-0.15, -0.1) is 0 Å². The molecule has 0 spiro atoms. The maximum absolute atomic E-state index is 11.7. The van der Waals surface area contributed by atoms with Gasteiger partial charge in [0.25, 0.3) is 0 Å². The van der Waals surface area contributed by atoms with Crippen molar-refractivity contribution >= 4 is 17.3 Å². The first-order valence-corrected chi connectivity index (χ1v) is 4.49. The number of Topliss-reactive ketones (excluding diaryl/α,β-unsaturated/α-hetero) is 3. The molecule has 0 aliphatic carbocycles. The summed E-state index contributed by atoms with van der Waals surface area (Å²) in [5, 5.41) is 0. The molecule has 0 aliphatic rings. The topological polar surface area (TPSA) is 64.1 Å². The zero-order valence-electron chi connectivity index (χ0n) is 8.56. The number of rotatable bonds is 4. The van der Waals surface area contributed by atoms with E-state index in [-0.39, 0.29) is 5.56 Å². The van der Waals surface area contributed by atoms with Crippen molar-refractivity contribution in [2.45, 2.75) is 13.8 Å². The maximum Gasteiger partial charge on any atom is 0.182 e. The van der Waals surface area contributed by atoms with Gasteiger partial charge in [0.2, 0.25) is 0 Å². The van der Waals surface area contributed by atoms with Crippen LogP contribution in [0.3, 0.4) is 0 Å². The van der Waals surface area contributed by atoms with Gasteiger partial charge in [-0.1, -0.05) is 0 Å². The first kappa shape index (κ1) is 11.2. The van der Waals surface area contributed by atoms with Gasteiger partial charge in [-0.2, -0.15) is 0 Å². The van der Waals surface area contributed by atoms with Crippen molar-refractivity contribution in [1.82, 2.24) is 4.98 Å². The second-order valence-electron chi connectivity index (χ2n) is 3.26. The summed E-state index contributed by atoms with van der Waals surface area (Å²) in [7, 11) is 0. The monoisotopic (exact) mass is 205 g/mol. The van der Waals surface area contributed by atoms with Crippen LogP contribution >= 0.6 is 0 Å². The van der Waals surface area contributed by atoms with Crippen LogP contribution in [-0.2, 0) is 9.59 Å². The van der Waals surface area contributed by atoms with Crippen molar-refractivity contribution in [3.8, 4) is 0 Å². The molecule has 0 aliphatic heterocycles. The van der Waals surface area contributed by atoms with E-state index < -0.39 is 23.3 Å². The average Bonchev–Trinajstić information content (AvgIpc) is 2.18. The Bertz CT molecular complexity index is 384. The lowest BCUT2D eigenvalue weighted by molar-refractivity contribution is -0.128. The summed E-state index contributed by atoms with van der Waals surface area (Å²) in [5.74, 6) is -2.54. The van der Waals surface area contributed by atoms with Gasteiger partial charge in [-0.25, -0.2) is 0 Å². The Kier molecular flexibility index (Phi) is 3.44. The Labute approximate surface area is 87.3 Å². The predicted octanol–water partition coefficient (Wildman–Crippen LogP) is 1.06. The molecular weight excluding hydrogens is 194 g/mol. The molecular formula is C11H11NO3. The van der Waals surface area contributed by atoms with Crippen LogP contribution < -0.4 is 0 Å². The fraction of sp³-hybridized carbons (Fsp3) is 0.273. The van der Waals surface area contributed by atoms with Gasteiger partial charge in [-0.3, -0.25) is 19.4 Å². The molecule has 15 heavy (non-hydrogen) atoms. The van der Waals surface area contributed by atoms with E-state index in [1.807, 2.05) is 0 Å². The average molecular weight is 205 g/mol. The highest BCUT2D eigenvalue weighted by molar-refractivity contribution is 6.23. The van der Waals surface area contributed by atoms with E-state index in [0.717, 1.165) is 0 Å². The molecule has 4 heteroatoms. The second-order valence-corrected chi connectivity index (χ2v) is 3.26. The van der Waals surface area contributed by atoms with E-state index in [4.69, 9.17) is 0 Å². The van der Waals surface area contributed by atoms with Gasteiger partial charge in [0.05, 0.1) is 0 Å². The number of ketones is 3. The Balaban J connectivity index is 3.02. The maximum atomic E-state index is 11.7. The quantitative estimate of drug-likeness (QED) is 0.544. The highest BCUT2D eigenvalue weighted by Crippen LogP contribution is 2.10. The molecule has 0 bridgehead atoms. The largest absolute Gasteiger partial charge is 0.299 e. The second kappa shape index (κ2) is 4.59. The molecule has 1 rings (SSSR count). The standard InChI is InChI=1S/C11H11NO3/c1-7(13)10(8(2)14)11(15)9-4-3-5-12-6-9/h3-6,10H,1-2H3. The van der Waals surface area contributed by atoms with Crippen molar-refractivity contribution in [3.63, 3.8) is 0 Å². The van der Waals surface area contributed by atoms with Crippen molar-refractivity contribution in [1.29, 1.82) is 0 Å². The van der Waals surface area contributed by atoms with E-state index >= 15 is 0 Å². The molecule has 0 unspecified atom stereocenters. The van der Waals surface area contributed by atoms with Crippen LogP contribution in [0.25, 0.3) is 0 Å². The fourth-order valence-corrected chi connectivity index (χ4v) is 1.33. The van der Waals surface area contributed by atoms with Crippen LogP contribution in [0.1, 0.15) is 24.2 Å². The summed E-state index contributed by atoms with van der Waals surface area (Å²) in [6.07, 6.45) is 2.87. The first-order chi connectivity index (χ1) is 7.04. The van der Waals surface area contributed by atoms with Crippen LogP contribution in [0.2, 0.25) is 0 Å². The molecule has 0 radical (unpaired) electrons. The molecule has 0 aromatic carbocycles. The molecule has 0 amide bonds. The van der Waals surface area contributed by atoms with E-state index in [2.05, 4.69) is 4.98 Å².